The summed E-state index contributed by atoms with van der Waals surface area (Å²) in [7, 11) is 1.65. The molecule has 2 aromatic rings. The predicted molar refractivity (Wildman–Crippen MR) is 67.4 cm³/mol. The first-order chi connectivity index (χ1) is 8.31. The smallest absolute Gasteiger partial charge is 0.131 e. The molecule has 0 aliphatic rings. The summed E-state index contributed by atoms with van der Waals surface area (Å²) in [5.41, 5.74) is 2.51. The lowest BCUT2D eigenvalue weighted by Gasteiger charge is -2.06. The first-order valence-corrected chi connectivity index (χ1v) is 5.64. The second-order valence-electron chi connectivity index (χ2n) is 3.92. The van der Waals surface area contributed by atoms with Crippen molar-refractivity contribution in [1.29, 1.82) is 0 Å². The largest absolute Gasteiger partial charge is 0.384 e. The minimum Gasteiger partial charge on any atom is -0.384 e. The minimum absolute atomic E-state index is 0.176. The second kappa shape index (κ2) is 5.60. The molecule has 0 bridgehead atoms. The van der Waals surface area contributed by atoms with Gasteiger partial charge in [-0.15, -0.1) is 0 Å². The van der Waals surface area contributed by atoms with Crippen LogP contribution in [0.25, 0.3) is 11.1 Å². The van der Waals surface area contributed by atoms with Crippen LogP contribution in [0.2, 0.25) is 0 Å². The van der Waals surface area contributed by atoms with Gasteiger partial charge >= 0.3 is 0 Å². The third-order valence-electron chi connectivity index (χ3n) is 2.71. The molecular weight excluding hydrogens is 215 g/mol. The predicted octanol–water partition coefficient (Wildman–Crippen LogP) is 3.68. The standard InChI is InChI=1S/C15H15FO/c1-17-10-9-12-7-8-14(15(16)11-12)13-5-3-2-4-6-13/h2-8,11H,9-10H2,1H3. The lowest BCUT2D eigenvalue weighted by atomic mass is 10.0. The van der Waals surface area contributed by atoms with Crippen LogP contribution in [-0.4, -0.2) is 13.7 Å². The summed E-state index contributed by atoms with van der Waals surface area (Å²) < 4.78 is 18.9. The van der Waals surface area contributed by atoms with Crippen LogP contribution in [0.15, 0.2) is 48.5 Å². The molecule has 2 heteroatoms. The molecule has 17 heavy (non-hydrogen) atoms. The van der Waals surface area contributed by atoms with Crippen LogP contribution < -0.4 is 0 Å². The molecule has 0 unspecified atom stereocenters. The number of ether oxygens (including phenoxy) is 1. The molecule has 2 rings (SSSR count). The van der Waals surface area contributed by atoms with Gasteiger partial charge in [0.15, 0.2) is 0 Å². The SMILES string of the molecule is COCCc1ccc(-c2ccccc2)c(F)c1. The molecule has 0 saturated heterocycles. The number of hydrogen-bond acceptors (Lipinski definition) is 1. The lowest BCUT2D eigenvalue weighted by molar-refractivity contribution is 0.202. The van der Waals surface area contributed by atoms with E-state index in [4.69, 9.17) is 4.74 Å². The van der Waals surface area contributed by atoms with Gasteiger partial charge in [0.05, 0.1) is 6.61 Å². The maximum Gasteiger partial charge on any atom is 0.131 e. The average Bonchev–Trinajstić information content (AvgIpc) is 2.37. The van der Waals surface area contributed by atoms with Crippen LogP contribution in [0.3, 0.4) is 0 Å². The van der Waals surface area contributed by atoms with Crippen molar-refractivity contribution in [3.8, 4) is 11.1 Å². The van der Waals surface area contributed by atoms with Crippen molar-refractivity contribution < 1.29 is 9.13 Å². The topological polar surface area (TPSA) is 9.23 Å². The van der Waals surface area contributed by atoms with E-state index >= 15 is 0 Å². The van der Waals surface area contributed by atoms with Crippen molar-refractivity contribution in [2.45, 2.75) is 6.42 Å². The quantitative estimate of drug-likeness (QED) is 0.778. The van der Waals surface area contributed by atoms with E-state index in [9.17, 15) is 4.39 Å². The van der Waals surface area contributed by atoms with Crippen molar-refractivity contribution in [1.82, 2.24) is 0 Å². The first-order valence-electron chi connectivity index (χ1n) is 5.64. The molecule has 0 spiro atoms. The number of halogens is 1. The maximum atomic E-state index is 13.9. The summed E-state index contributed by atoms with van der Waals surface area (Å²) in [5.74, 6) is -0.176. The number of hydrogen-bond donors (Lipinski definition) is 0. The maximum absolute atomic E-state index is 13.9. The zero-order valence-electron chi connectivity index (χ0n) is 9.82. The molecule has 0 aromatic heterocycles. The zero-order chi connectivity index (χ0) is 12.1. The Morgan fingerprint density at radius 2 is 1.82 bits per heavy atom. The normalized spacial score (nSPS) is 10.5. The van der Waals surface area contributed by atoms with E-state index in [1.807, 2.05) is 42.5 Å². The molecule has 88 valence electrons. The van der Waals surface area contributed by atoms with Gasteiger partial charge in [0.2, 0.25) is 0 Å². The van der Waals surface area contributed by atoms with E-state index < -0.39 is 0 Å². The van der Waals surface area contributed by atoms with E-state index in [0.717, 1.165) is 17.5 Å². The Labute approximate surface area is 101 Å². The van der Waals surface area contributed by atoms with Crippen LogP contribution >= 0.6 is 0 Å². The highest BCUT2D eigenvalue weighted by molar-refractivity contribution is 5.64. The van der Waals surface area contributed by atoms with Gasteiger partial charge in [0, 0.05) is 12.7 Å². The van der Waals surface area contributed by atoms with Crippen molar-refractivity contribution in [2.75, 3.05) is 13.7 Å². The van der Waals surface area contributed by atoms with Crippen LogP contribution in [-0.2, 0) is 11.2 Å². The Morgan fingerprint density at radius 1 is 1.06 bits per heavy atom. The Bertz CT molecular complexity index is 480. The first kappa shape index (κ1) is 11.8. The van der Waals surface area contributed by atoms with E-state index in [-0.39, 0.29) is 5.82 Å². The molecule has 1 nitrogen and oxygen atoms in total. The molecule has 0 amide bonds. The minimum atomic E-state index is -0.176. The molecular formula is C15H15FO. The van der Waals surface area contributed by atoms with Gasteiger partial charge in [-0.25, -0.2) is 4.39 Å². The lowest BCUT2D eigenvalue weighted by Crippen LogP contribution is -1.95. The second-order valence-corrected chi connectivity index (χ2v) is 3.92. The van der Waals surface area contributed by atoms with Crippen molar-refractivity contribution in [3.05, 3.63) is 59.9 Å². The van der Waals surface area contributed by atoms with Gasteiger partial charge in [0.1, 0.15) is 5.82 Å². The third kappa shape index (κ3) is 2.92. The van der Waals surface area contributed by atoms with Gasteiger partial charge < -0.3 is 4.74 Å². The van der Waals surface area contributed by atoms with Crippen LogP contribution in [0.5, 0.6) is 0 Å². The number of rotatable bonds is 4. The molecule has 0 atom stereocenters. The highest BCUT2D eigenvalue weighted by Crippen LogP contribution is 2.23. The van der Waals surface area contributed by atoms with Gasteiger partial charge in [-0.2, -0.15) is 0 Å². The molecule has 0 N–H and O–H groups in total. The van der Waals surface area contributed by atoms with Crippen LogP contribution in [0.1, 0.15) is 5.56 Å². The molecule has 0 aliphatic heterocycles. The Balaban J connectivity index is 2.26. The van der Waals surface area contributed by atoms with E-state index in [0.29, 0.717) is 12.2 Å². The summed E-state index contributed by atoms with van der Waals surface area (Å²) in [4.78, 5) is 0. The molecule has 2 aromatic carbocycles. The van der Waals surface area contributed by atoms with E-state index in [1.165, 1.54) is 0 Å². The van der Waals surface area contributed by atoms with Gasteiger partial charge in [-0.05, 0) is 23.6 Å². The highest BCUT2D eigenvalue weighted by atomic mass is 19.1. The summed E-state index contributed by atoms with van der Waals surface area (Å²) in [6.45, 7) is 0.615. The van der Waals surface area contributed by atoms with Crippen molar-refractivity contribution in [2.24, 2.45) is 0 Å². The monoisotopic (exact) mass is 230 g/mol. The Hall–Kier alpha value is -1.67. The fourth-order valence-electron chi connectivity index (χ4n) is 1.79. The van der Waals surface area contributed by atoms with Gasteiger partial charge in [-0.3, -0.25) is 0 Å². The zero-order valence-corrected chi connectivity index (χ0v) is 9.82. The fraction of sp³-hybridized carbons (Fsp3) is 0.200. The Morgan fingerprint density at radius 3 is 2.47 bits per heavy atom. The molecule has 0 fully saturated rings. The van der Waals surface area contributed by atoms with Crippen molar-refractivity contribution >= 4 is 0 Å². The highest BCUT2D eigenvalue weighted by Gasteiger charge is 2.05. The van der Waals surface area contributed by atoms with Crippen molar-refractivity contribution in [3.63, 3.8) is 0 Å². The average molecular weight is 230 g/mol. The summed E-state index contributed by atoms with van der Waals surface area (Å²) in [5, 5.41) is 0. The van der Waals surface area contributed by atoms with Crippen LogP contribution in [0.4, 0.5) is 4.39 Å². The number of methoxy groups -OCH3 is 1. The Kier molecular flexibility index (Phi) is 3.89. The molecule has 0 aliphatic carbocycles. The summed E-state index contributed by atoms with van der Waals surface area (Å²) >= 11 is 0. The van der Waals surface area contributed by atoms with Gasteiger partial charge in [0.25, 0.3) is 0 Å². The summed E-state index contributed by atoms with van der Waals surface area (Å²) in [6.07, 6.45) is 0.739. The number of benzene rings is 2. The molecule has 0 radical (unpaired) electrons. The fourth-order valence-corrected chi connectivity index (χ4v) is 1.79. The molecule has 0 saturated carbocycles. The van der Waals surface area contributed by atoms with E-state index in [1.54, 1.807) is 13.2 Å². The molecule has 0 heterocycles. The van der Waals surface area contributed by atoms with Crippen LogP contribution in [0, 0.1) is 5.82 Å². The summed E-state index contributed by atoms with van der Waals surface area (Å²) in [6, 6.07) is 14.9. The van der Waals surface area contributed by atoms with Gasteiger partial charge in [-0.1, -0.05) is 42.5 Å². The third-order valence-corrected chi connectivity index (χ3v) is 2.71. The van der Waals surface area contributed by atoms with E-state index in [2.05, 4.69) is 0 Å².